The second kappa shape index (κ2) is 50.6. The van der Waals surface area contributed by atoms with Crippen molar-refractivity contribution in [3.05, 3.63) is 60.8 Å². The molecule has 6 nitrogen and oxygen atoms in total. The molecule has 0 fully saturated rings. The van der Waals surface area contributed by atoms with Gasteiger partial charge in [0.25, 0.3) is 0 Å². The van der Waals surface area contributed by atoms with Crippen molar-refractivity contribution in [3.63, 3.8) is 0 Å². The summed E-state index contributed by atoms with van der Waals surface area (Å²) in [6, 6.07) is -0.710. The number of allylic oxidation sites excluding steroid dienone is 10. The van der Waals surface area contributed by atoms with Crippen LogP contribution in [0.5, 0.6) is 0 Å². The molecule has 63 heavy (non-hydrogen) atoms. The summed E-state index contributed by atoms with van der Waals surface area (Å²) in [5.41, 5.74) is 0. The van der Waals surface area contributed by atoms with E-state index in [0.29, 0.717) is 19.3 Å². The van der Waals surface area contributed by atoms with Gasteiger partial charge in [0.2, 0.25) is 5.91 Å². The topological polar surface area (TPSA) is 95.9 Å². The van der Waals surface area contributed by atoms with Crippen LogP contribution in [0.4, 0.5) is 0 Å². The number of hydrogen-bond acceptors (Lipinski definition) is 5. The van der Waals surface area contributed by atoms with Gasteiger partial charge in [0, 0.05) is 6.42 Å². The summed E-state index contributed by atoms with van der Waals surface area (Å²) in [4.78, 5) is 26.2. The molecule has 0 aromatic rings. The minimum atomic E-state index is -0.795. The standard InChI is InChI=1S/C57H103NO5/c1-4-7-10-13-16-19-22-25-27-29-31-34-37-40-43-46-49-55(60)54(52-59)58-56(61)51-53(48-45-42-39-36-33-24-21-18-15-12-9-6-3)63-57(62)50-47-44-41-38-35-32-30-28-26-23-20-17-14-11-8-5-2/h8-9,11-12,17-18,20-21,26,28,53-55,59-60H,4-7,10,13-16,19,22-25,27,29-52H2,1-3H3,(H,58,61)/b11-8+,12-9+,20-17+,21-18+,28-26+. The van der Waals surface area contributed by atoms with Gasteiger partial charge in [-0.1, -0.05) is 229 Å². The highest BCUT2D eigenvalue weighted by atomic mass is 16.5. The fraction of sp³-hybridized carbons (Fsp3) is 0.789. The summed E-state index contributed by atoms with van der Waals surface area (Å²) < 4.78 is 5.93. The Morgan fingerprint density at radius 3 is 1.30 bits per heavy atom. The number of aliphatic hydroxyl groups is 2. The Kier molecular flexibility index (Phi) is 48.6. The van der Waals surface area contributed by atoms with Crippen molar-refractivity contribution in [1.29, 1.82) is 0 Å². The molecule has 1 amide bonds. The average molecular weight is 882 g/mol. The quantitative estimate of drug-likeness (QED) is 0.0321. The Bertz CT molecular complexity index is 1130. The van der Waals surface area contributed by atoms with Crippen molar-refractivity contribution >= 4 is 11.9 Å². The lowest BCUT2D eigenvalue weighted by Gasteiger charge is -2.24. The highest BCUT2D eigenvalue weighted by Crippen LogP contribution is 2.18. The second-order valence-corrected chi connectivity index (χ2v) is 18.2. The molecule has 0 saturated carbocycles. The van der Waals surface area contributed by atoms with Crippen LogP contribution in [0.15, 0.2) is 60.8 Å². The lowest BCUT2D eigenvalue weighted by atomic mass is 10.0. The highest BCUT2D eigenvalue weighted by Gasteiger charge is 2.24. The predicted octanol–water partition coefficient (Wildman–Crippen LogP) is 16.4. The predicted molar refractivity (Wildman–Crippen MR) is 273 cm³/mol. The van der Waals surface area contributed by atoms with Gasteiger partial charge in [-0.3, -0.25) is 9.59 Å². The molecule has 0 spiro atoms. The molecule has 3 unspecified atom stereocenters. The van der Waals surface area contributed by atoms with Gasteiger partial charge in [0.05, 0.1) is 25.2 Å². The SMILES string of the molecule is CC/C=C/C/C=C/C/C=C/CCCCCCCCC(=O)OC(CCCCCCC/C=C/C/C=C/CC)CC(=O)NC(CO)C(O)CCCCCCCCCCCCCCCCCC. The van der Waals surface area contributed by atoms with Crippen molar-refractivity contribution in [1.82, 2.24) is 5.32 Å². The third kappa shape index (κ3) is 45.9. The molecular weight excluding hydrogens is 779 g/mol. The first-order chi connectivity index (χ1) is 31.0. The van der Waals surface area contributed by atoms with Crippen LogP contribution < -0.4 is 5.32 Å². The van der Waals surface area contributed by atoms with Gasteiger partial charge in [0.1, 0.15) is 6.10 Å². The van der Waals surface area contributed by atoms with E-state index in [4.69, 9.17) is 4.74 Å². The first kappa shape index (κ1) is 60.6. The van der Waals surface area contributed by atoms with Crippen molar-refractivity contribution < 1.29 is 24.5 Å². The van der Waals surface area contributed by atoms with Crippen molar-refractivity contribution in [3.8, 4) is 0 Å². The molecule has 0 rings (SSSR count). The van der Waals surface area contributed by atoms with E-state index >= 15 is 0 Å². The van der Waals surface area contributed by atoms with Gasteiger partial charge >= 0.3 is 5.97 Å². The number of amides is 1. The van der Waals surface area contributed by atoms with Gasteiger partial charge in [-0.25, -0.2) is 0 Å². The second-order valence-electron chi connectivity index (χ2n) is 18.2. The maximum atomic E-state index is 13.2. The largest absolute Gasteiger partial charge is 0.462 e. The number of carbonyl (C=O) groups is 2. The number of rotatable bonds is 48. The molecular formula is C57H103NO5. The van der Waals surface area contributed by atoms with E-state index in [-0.39, 0.29) is 24.9 Å². The molecule has 0 aliphatic carbocycles. The third-order valence-electron chi connectivity index (χ3n) is 12.1. The molecule has 366 valence electrons. The number of nitrogens with one attached hydrogen (secondary N) is 1. The highest BCUT2D eigenvalue weighted by molar-refractivity contribution is 5.77. The Balaban J connectivity index is 4.53. The fourth-order valence-electron chi connectivity index (χ4n) is 8.07. The van der Waals surface area contributed by atoms with Crippen LogP contribution in [0.3, 0.4) is 0 Å². The first-order valence-electron chi connectivity index (χ1n) is 27.0. The van der Waals surface area contributed by atoms with E-state index in [2.05, 4.69) is 86.8 Å². The van der Waals surface area contributed by atoms with Gasteiger partial charge < -0.3 is 20.3 Å². The number of ether oxygens (including phenoxy) is 1. The summed E-state index contributed by atoms with van der Waals surface area (Å²) in [5.74, 6) is -0.499. The Morgan fingerprint density at radius 1 is 0.476 bits per heavy atom. The van der Waals surface area contributed by atoms with Crippen molar-refractivity contribution in [2.45, 2.75) is 283 Å². The van der Waals surface area contributed by atoms with Crippen LogP contribution in [0, 0.1) is 0 Å². The van der Waals surface area contributed by atoms with E-state index in [1.807, 2.05) is 0 Å². The summed E-state index contributed by atoms with van der Waals surface area (Å²) in [6.45, 7) is 6.27. The van der Waals surface area contributed by atoms with Crippen LogP contribution in [0.25, 0.3) is 0 Å². The van der Waals surface area contributed by atoms with Gasteiger partial charge in [-0.2, -0.15) is 0 Å². The Labute approximate surface area is 390 Å². The van der Waals surface area contributed by atoms with Crippen molar-refractivity contribution in [2.75, 3.05) is 6.61 Å². The zero-order chi connectivity index (χ0) is 45.9. The number of hydrogen-bond donors (Lipinski definition) is 3. The number of carbonyl (C=O) groups excluding carboxylic acids is 2. The zero-order valence-corrected chi connectivity index (χ0v) is 41.7. The summed E-state index contributed by atoms with van der Waals surface area (Å²) in [6.07, 6.45) is 62.8. The summed E-state index contributed by atoms with van der Waals surface area (Å²) in [5, 5.41) is 23.8. The first-order valence-corrected chi connectivity index (χ1v) is 27.0. The zero-order valence-electron chi connectivity index (χ0n) is 41.7. The summed E-state index contributed by atoms with van der Waals surface area (Å²) in [7, 11) is 0. The van der Waals surface area contributed by atoms with Crippen LogP contribution in [0.1, 0.15) is 265 Å². The smallest absolute Gasteiger partial charge is 0.306 e. The molecule has 0 saturated heterocycles. The lowest BCUT2D eigenvalue weighted by Crippen LogP contribution is -2.46. The molecule has 0 aliphatic rings. The van der Waals surface area contributed by atoms with E-state index < -0.39 is 18.2 Å². The monoisotopic (exact) mass is 882 g/mol. The maximum absolute atomic E-state index is 13.2. The molecule has 0 heterocycles. The van der Waals surface area contributed by atoms with Crippen LogP contribution in [-0.2, 0) is 14.3 Å². The Hall–Kier alpha value is -2.44. The maximum Gasteiger partial charge on any atom is 0.306 e. The number of aliphatic hydroxyl groups excluding tert-OH is 2. The third-order valence-corrected chi connectivity index (χ3v) is 12.1. The van der Waals surface area contributed by atoms with Crippen LogP contribution >= 0.6 is 0 Å². The van der Waals surface area contributed by atoms with Gasteiger partial charge in [-0.05, 0) is 83.5 Å². The van der Waals surface area contributed by atoms with Crippen molar-refractivity contribution in [2.24, 2.45) is 0 Å². The molecule has 3 atom stereocenters. The molecule has 0 aliphatic heterocycles. The summed E-state index contributed by atoms with van der Waals surface area (Å²) >= 11 is 0. The fourth-order valence-corrected chi connectivity index (χ4v) is 8.07. The normalized spacial score (nSPS) is 13.7. The Morgan fingerprint density at radius 2 is 0.857 bits per heavy atom. The van der Waals surface area contributed by atoms with Crippen LogP contribution in [-0.4, -0.2) is 46.9 Å². The molecule has 3 N–H and O–H groups in total. The van der Waals surface area contributed by atoms with Gasteiger partial charge in [0.15, 0.2) is 0 Å². The molecule has 0 radical (unpaired) electrons. The van der Waals surface area contributed by atoms with E-state index in [9.17, 15) is 19.8 Å². The lowest BCUT2D eigenvalue weighted by molar-refractivity contribution is -0.151. The number of unbranched alkanes of at least 4 members (excludes halogenated alkanes) is 26. The van der Waals surface area contributed by atoms with Gasteiger partial charge in [-0.15, -0.1) is 0 Å². The molecule has 6 heteroatoms. The van der Waals surface area contributed by atoms with E-state index in [1.165, 1.54) is 116 Å². The molecule has 0 aromatic heterocycles. The van der Waals surface area contributed by atoms with Crippen LogP contribution in [0.2, 0.25) is 0 Å². The average Bonchev–Trinajstić information content (AvgIpc) is 3.28. The number of esters is 1. The minimum Gasteiger partial charge on any atom is -0.462 e. The molecule has 0 aromatic carbocycles. The van der Waals surface area contributed by atoms with E-state index in [0.717, 1.165) is 103 Å². The molecule has 0 bridgehead atoms. The minimum absolute atomic E-state index is 0.0618. The van der Waals surface area contributed by atoms with E-state index in [1.54, 1.807) is 0 Å².